The van der Waals surface area contributed by atoms with Gasteiger partial charge < -0.3 is 10.2 Å². The second-order valence-corrected chi connectivity index (χ2v) is 7.70. The quantitative estimate of drug-likeness (QED) is 0.715. The van der Waals surface area contributed by atoms with Crippen LogP contribution in [0.25, 0.3) is 0 Å². The minimum atomic E-state index is 0.550. The minimum Gasteiger partial charge on any atom is -0.310 e. The van der Waals surface area contributed by atoms with Gasteiger partial charge in [0.05, 0.1) is 0 Å². The van der Waals surface area contributed by atoms with E-state index in [0.29, 0.717) is 6.04 Å². The van der Waals surface area contributed by atoms with Crippen LogP contribution in [0.3, 0.4) is 0 Å². The lowest BCUT2D eigenvalue weighted by atomic mass is 10.2. The van der Waals surface area contributed by atoms with E-state index >= 15 is 0 Å². The van der Waals surface area contributed by atoms with E-state index < -0.39 is 0 Å². The highest BCUT2D eigenvalue weighted by Gasteiger charge is 2.10. The average Bonchev–Trinajstić information content (AvgIpc) is 2.75. The van der Waals surface area contributed by atoms with Crippen LogP contribution in [-0.2, 0) is 13.1 Å². The van der Waals surface area contributed by atoms with Crippen LogP contribution in [0.5, 0.6) is 0 Å². The van der Waals surface area contributed by atoms with Crippen LogP contribution in [0, 0.1) is 6.92 Å². The van der Waals surface area contributed by atoms with Crippen LogP contribution in [0.1, 0.15) is 42.5 Å². The summed E-state index contributed by atoms with van der Waals surface area (Å²) >= 11 is 1.94. The number of rotatable bonds is 10. The van der Waals surface area contributed by atoms with Crippen molar-refractivity contribution in [2.75, 3.05) is 33.7 Å². The monoisotopic (exact) mass is 311 g/mol. The Balaban J connectivity index is 2.51. The van der Waals surface area contributed by atoms with Crippen LogP contribution in [0.15, 0.2) is 6.07 Å². The molecule has 4 heteroatoms. The van der Waals surface area contributed by atoms with Crippen LogP contribution in [0.4, 0.5) is 0 Å². The van der Waals surface area contributed by atoms with Crippen LogP contribution in [-0.4, -0.2) is 49.6 Å². The maximum Gasteiger partial charge on any atom is 0.0302 e. The smallest absolute Gasteiger partial charge is 0.0302 e. The van der Waals surface area contributed by atoms with Gasteiger partial charge in [-0.1, -0.05) is 20.8 Å². The van der Waals surface area contributed by atoms with Crippen molar-refractivity contribution in [3.05, 3.63) is 21.4 Å². The summed E-state index contributed by atoms with van der Waals surface area (Å²) in [6.07, 6.45) is 1.24. The summed E-state index contributed by atoms with van der Waals surface area (Å²) in [5, 5.41) is 3.51. The van der Waals surface area contributed by atoms with E-state index in [1.807, 2.05) is 11.3 Å². The lowest BCUT2D eigenvalue weighted by Gasteiger charge is -2.21. The Morgan fingerprint density at radius 1 is 1.24 bits per heavy atom. The molecule has 0 aliphatic carbocycles. The molecule has 3 nitrogen and oxygen atoms in total. The number of hydrogen-bond donors (Lipinski definition) is 1. The van der Waals surface area contributed by atoms with Gasteiger partial charge in [0.1, 0.15) is 0 Å². The Labute approximate surface area is 135 Å². The van der Waals surface area contributed by atoms with Gasteiger partial charge >= 0.3 is 0 Å². The largest absolute Gasteiger partial charge is 0.310 e. The van der Waals surface area contributed by atoms with E-state index in [0.717, 1.165) is 19.6 Å². The SMILES string of the molecule is CCN(CCCN(C)C)Cc1cc(CNC(C)C)sc1C. The van der Waals surface area contributed by atoms with Crippen LogP contribution >= 0.6 is 11.3 Å². The standard InChI is InChI=1S/C17H33N3S/c1-7-20(10-8-9-19(5)6)13-16-11-17(21-15(16)4)12-18-14(2)3/h11,14,18H,7-10,12-13H2,1-6H3. The van der Waals surface area contributed by atoms with Gasteiger partial charge in [-0.15, -0.1) is 11.3 Å². The van der Waals surface area contributed by atoms with Gasteiger partial charge in [-0.05, 0) is 58.7 Å². The van der Waals surface area contributed by atoms with Gasteiger partial charge in [0.15, 0.2) is 0 Å². The lowest BCUT2D eigenvalue weighted by Crippen LogP contribution is -2.27. The molecule has 1 rings (SSSR count). The van der Waals surface area contributed by atoms with Crippen molar-refractivity contribution in [2.45, 2.75) is 53.2 Å². The van der Waals surface area contributed by atoms with Crippen LogP contribution in [0.2, 0.25) is 0 Å². The average molecular weight is 312 g/mol. The molecular formula is C17H33N3S. The molecule has 0 fully saturated rings. The maximum atomic E-state index is 3.51. The lowest BCUT2D eigenvalue weighted by molar-refractivity contribution is 0.259. The third kappa shape index (κ3) is 7.41. The Morgan fingerprint density at radius 2 is 1.95 bits per heavy atom. The van der Waals surface area contributed by atoms with Gasteiger partial charge in [0, 0.05) is 28.9 Å². The molecule has 0 aliphatic rings. The molecule has 1 aromatic rings. The Bertz CT molecular complexity index is 399. The first-order valence-electron chi connectivity index (χ1n) is 8.11. The fraction of sp³-hybridized carbons (Fsp3) is 0.765. The third-order valence-electron chi connectivity index (χ3n) is 3.68. The summed E-state index contributed by atoms with van der Waals surface area (Å²) < 4.78 is 0. The first-order valence-corrected chi connectivity index (χ1v) is 8.92. The van der Waals surface area contributed by atoms with Crippen LogP contribution < -0.4 is 5.32 Å². The highest BCUT2D eigenvalue weighted by molar-refractivity contribution is 7.12. The summed E-state index contributed by atoms with van der Waals surface area (Å²) in [7, 11) is 4.29. The first-order chi connectivity index (χ1) is 9.92. The zero-order valence-corrected chi connectivity index (χ0v) is 15.5. The van der Waals surface area contributed by atoms with E-state index in [1.54, 1.807) is 0 Å². The fourth-order valence-electron chi connectivity index (χ4n) is 2.34. The van der Waals surface area contributed by atoms with E-state index in [4.69, 9.17) is 0 Å². The predicted molar refractivity (Wildman–Crippen MR) is 95.2 cm³/mol. The van der Waals surface area contributed by atoms with E-state index in [1.165, 1.54) is 34.8 Å². The summed E-state index contributed by atoms with van der Waals surface area (Å²) in [5.74, 6) is 0. The van der Waals surface area contributed by atoms with Gasteiger partial charge in [-0.3, -0.25) is 4.90 Å². The molecular weight excluding hydrogens is 278 g/mol. The molecule has 0 aliphatic heterocycles. The zero-order valence-electron chi connectivity index (χ0n) is 14.7. The number of nitrogens with zero attached hydrogens (tertiary/aromatic N) is 2. The molecule has 122 valence electrons. The molecule has 0 aromatic carbocycles. The van der Waals surface area contributed by atoms with Crippen molar-refractivity contribution in [2.24, 2.45) is 0 Å². The van der Waals surface area contributed by atoms with Gasteiger partial charge in [0.25, 0.3) is 0 Å². The minimum absolute atomic E-state index is 0.550. The molecule has 0 unspecified atom stereocenters. The van der Waals surface area contributed by atoms with E-state index in [2.05, 4.69) is 63.0 Å². The van der Waals surface area contributed by atoms with E-state index in [9.17, 15) is 0 Å². The maximum absolute atomic E-state index is 3.51. The van der Waals surface area contributed by atoms with Gasteiger partial charge in [-0.2, -0.15) is 0 Å². The summed E-state index contributed by atoms with van der Waals surface area (Å²) in [6, 6.07) is 2.94. The first kappa shape index (κ1) is 18.6. The molecule has 0 amide bonds. The summed E-state index contributed by atoms with van der Waals surface area (Å²) in [4.78, 5) is 7.75. The highest BCUT2D eigenvalue weighted by atomic mass is 32.1. The molecule has 1 heterocycles. The van der Waals surface area contributed by atoms with Gasteiger partial charge in [0.2, 0.25) is 0 Å². The zero-order chi connectivity index (χ0) is 15.8. The van der Waals surface area contributed by atoms with Crippen molar-refractivity contribution in [3.8, 4) is 0 Å². The Hall–Kier alpha value is -0.420. The predicted octanol–water partition coefficient (Wildman–Crippen LogP) is 3.33. The molecule has 21 heavy (non-hydrogen) atoms. The molecule has 0 bridgehead atoms. The molecule has 1 N–H and O–H groups in total. The third-order valence-corrected chi connectivity index (χ3v) is 4.77. The second kappa shape index (κ2) is 9.57. The highest BCUT2D eigenvalue weighted by Crippen LogP contribution is 2.23. The number of thiophene rings is 1. The molecule has 0 radical (unpaired) electrons. The number of nitrogens with one attached hydrogen (secondary N) is 1. The van der Waals surface area contributed by atoms with Crippen molar-refractivity contribution < 1.29 is 0 Å². The fourth-order valence-corrected chi connectivity index (χ4v) is 3.34. The number of aryl methyl sites for hydroxylation is 1. The van der Waals surface area contributed by atoms with Crippen molar-refractivity contribution in [1.82, 2.24) is 15.1 Å². The summed E-state index contributed by atoms with van der Waals surface area (Å²) in [6.45, 7) is 14.5. The topological polar surface area (TPSA) is 18.5 Å². The molecule has 0 spiro atoms. The molecule has 0 saturated carbocycles. The normalized spacial score (nSPS) is 12.0. The molecule has 0 saturated heterocycles. The summed E-state index contributed by atoms with van der Waals surface area (Å²) in [5.41, 5.74) is 1.51. The number of hydrogen-bond acceptors (Lipinski definition) is 4. The van der Waals surface area contributed by atoms with Crippen molar-refractivity contribution >= 4 is 11.3 Å². The van der Waals surface area contributed by atoms with Crippen molar-refractivity contribution in [1.29, 1.82) is 0 Å². The van der Waals surface area contributed by atoms with Gasteiger partial charge in [-0.25, -0.2) is 0 Å². The Morgan fingerprint density at radius 3 is 2.52 bits per heavy atom. The van der Waals surface area contributed by atoms with Crippen molar-refractivity contribution in [3.63, 3.8) is 0 Å². The molecule has 1 aromatic heterocycles. The van der Waals surface area contributed by atoms with E-state index in [-0.39, 0.29) is 0 Å². The Kier molecular flexibility index (Phi) is 8.49. The molecule has 0 atom stereocenters. The second-order valence-electron chi connectivity index (χ2n) is 6.36.